The third-order valence-corrected chi connectivity index (χ3v) is 10.7. The van der Waals surface area contributed by atoms with Crippen LogP contribution in [0.2, 0.25) is 0 Å². The molecular weight excluding hydrogens is 625 g/mol. The Labute approximate surface area is 315 Å². The summed E-state index contributed by atoms with van der Waals surface area (Å²) in [5.74, 6) is 0. The van der Waals surface area contributed by atoms with Crippen LogP contribution in [0.4, 0.5) is 0 Å². The number of rotatable bonds is 35. The van der Waals surface area contributed by atoms with Crippen molar-refractivity contribution < 1.29 is 14.2 Å². The summed E-state index contributed by atoms with van der Waals surface area (Å²) in [7, 11) is 0. The smallest absolute Gasteiger partial charge is 0.0506 e. The summed E-state index contributed by atoms with van der Waals surface area (Å²) in [5.41, 5.74) is 2.76. The van der Waals surface area contributed by atoms with Gasteiger partial charge >= 0.3 is 0 Å². The van der Waals surface area contributed by atoms with Crippen molar-refractivity contribution in [2.45, 2.75) is 181 Å². The minimum absolute atomic E-state index is 0.808. The zero-order valence-corrected chi connectivity index (χ0v) is 33.5. The zero-order valence-electron chi connectivity index (χ0n) is 33.5. The van der Waals surface area contributed by atoms with Crippen LogP contribution in [0.3, 0.4) is 0 Å². The normalized spacial score (nSPS) is 11.7. The summed E-state index contributed by atoms with van der Waals surface area (Å²) in [5, 5.41) is 5.35. The second-order valence-corrected chi connectivity index (χ2v) is 15.2. The van der Waals surface area contributed by atoms with Gasteiger partial charge < -0.3 is 14.2 Å². The molecule has 0 atom stereocenters. The molecule has 0 aliphatic heterocycles. The third-order valence-electron chi connectivity index (χ3n) is 10.7. The van der Waals surface area contributed by atoms with E-state index in [9.17, 15) is 0 Å². The molecule has 0 aliphatic rings. The van der Waals surface area contributed by atoms with Gasteiger partial charge in [-0.1, -0.05) is 178 Å². The number of ether oxygens (including phenoxy) is 3. The molecule has 0 radical (unpaired) electrons. The summed E-state index contributed by atoms with van der Waals surface area (Å²) in [4.78, 5) is 0. The Morgan fingerprint density at radius 2 is 0.863 bits per heavy atom. The first-order valence-electron chi connectivity index (χ1n) is 22.0. The highest BCUT2D eigenvalue weighted by atomic mass is 16.5. The molecule has 0 spiro atoms. The zero-order chi connectivity index (χ0) is 35.9. The average Bonchev–Trinajstić information content (AvgIpc) is 3.15. The third kappa shape index (κ3) is 20.8. The molecular formula is C48H78O3. The Balaban J connectivity index is 1.19. The van der Waals surface area contributed by atoms with Gasteiger partial charge in [0.25, 0.3) is 0 Å². The summed E-state index contributed by atoms with van der Waals surface area (Å²) >= 11 is 0. The summed E-state index contributed by atoms with van der Waals surface area (Å²) in [6.07, 6.45) is 34.9. The van der Waals surface area contributed by atoms with Crippen molar-refractivity contribution in [1.82, 2.24) is 0 Å². The molecule has 0 amide bonds. The van der Waals surface area contributed by atoms with Crippen molar-refractivity contribution in [3.8, 4) is 0 Å². The number of fused-ring (bicyclic) bond motifs is 2. The molecule has 0 saturated carbocycles. The lowest BCUT2D eigenvalue weighted by Crippen LogP contribution is -2.01. The standard InChI is InChI=1S/C48H78O3/c1-3-5-6-7-8-9-10-11-12-13-14-15-16-20-24-27-37-51-39-34-44-29-28-30-46-41-47-40-43(31-32-45(47)42-48(44)46)33-38-50-36-26-23-21-18-17-19-22-25-35-49-4-2/h28-32,40-42H,3-27,33-39H2,1-2H3. The first kappa shape index (κ1) is 43.5. The van der Waals surface area contributed by atoms with E-state index in [1.165, 1.54) is 187 Å². The second kappa shape index (κ2) is 30.5. The highest BCUT2D eigenvalue weighted by molar-refractivity contribution is 5.99. The topological polar surface area (TPSA) is 27.7 Å². The Morgan fingerprint density at radius 3 is 1.39 bits per heavy atom. The predicted octanol–water partition coefficient (Wildman–Crippen LogP) is 14.5. The minimum Gasteiger partial charge on any atom is -0.382 e. The first-order valence-corrected chi connectivity index (χ1v) is 22.0. The van der Waals surface area contributed by atoms with Crippen LogP contribution in [-0.2, 0) is 27.1 Å². The molecule has 0 unspecified atom stereocenters. The van der Waals surface area contributed by atoms with Gasteiger partial charge in [-0.05, 0) is 83.8 Å². The fraction of sp³-hybridized carbons (Fsp3) is 0.708. The van der Waals surface area contributed by atoms with Crippen LogP contribution in [0, 0.1) is 0 Å². The fourth-order valence-corrected chi connectivity index (χ4v) is 7.45. The number of hydrogen-bond donors (Lipinski definition) is 0. The Kier molecular flexibility index (Phi) is 26.0. The largest absolute Gasteiger partial charge is 0.382 e. The van der Waals surface area contributed by atoms with Gasteiger partial charge in [0.1, 0.15) is 0 Å². The van der Waals surface area contributed by atoms with Crippen LogP contribution >= 0.6 is 0 Å². The van der Waals surface area contributed by atoms with E-state index in [1.807, 2.05) is 0 Å². The Bertz CT molecular complexity index is 1240. The van der Waals surface area contributed by atoms with Crippen LogP contribution in [0.5, 0.6) is 0 Å². The average molecular weight is 703 g/mol. The van der Waals surface area contributed by atoms with Crippen molar-refractivity contribution >= 4 is 21.5 Å². The van der Waals surface area contributed by atoms with Crippen molar-refractivity contribution in [2.75, 3.05) is 39.6 Å². The van der Waals surface area contributed by atoms with E-state index in [2.05, 4.69) is 62.4 Å². The van der Waals surface area contributed by atoms with Gasteiger partial charge in [0, 0.05) is 26.4 Å². The fourth-order valence-electron chi connectivity index (χ4n) is 7.45. The van der Waals surface area contributed by atoms with Gasteiger partial charge in [-0.3, -0.25) is 0 Å². The van der Waals surface area contributed by atoms with E-state index in [4.69, 9.17) is 14.2 Å². The summed E-state index contributed by atoms with van der Waals surface area (Å²) in [6, 6.07) is 18.4. The maximum absolute atomic E-state index is 6.10. The first-order chi connectivity index (χ1) is 25.3. The molecule has 51 heavy (non-hydrogen) atoms. The van der Waals surface area contributed by atoms with Gasteiger partial charge in [0.05, 0.1) is 13.2 Å². The van der Waals surface area contributed by atoms with Crippen LogP contribution in [0.15, 0.2) is 48.5 Å². The van der Waals surface area contributed by atoms with Crippen LogP contribution in [0.25, 0.3) is 21.5 Å². The van der Waals surface area contributed by atoms with E-state index in [1.54, 1.807) is 0 Å². The molecule has 3 aromatic rings. The number of unbranched alkanes of at least 4 members (excludes halogenated alkanes) is 22. The van der Waals surface area contributed by atoms with Gasteiger partial charge in [-0.15, -0.1) is 0 Å². The van der Waals surface area contributed by atoms with Crippen LogP contribution in [0.1, 0.15) is 179 Å². The molecule has 0 fully saturated rings. The number of hydrogen-bond acceptors (Lipinski definition) is 3. The molecule has 0 heterocycles. The summed E-state index contributed by atoms with van der Waals surface area (Å²) < 4.78 is 17.5. The van der Waals surface area contributed by atoms with E-state index < -0.39 is 0 Å². The molecule has 3 rings (SSSR count). The quantitative estimate of drug-likeness (QED) is 0.0451. The lowest BCUT2D eigenvalue weighted by molar-refractivity contribution is 0.132. The van der Waals surface area contributed by atoms with E-state index in [0.29, 0.717) is 0 Å². The lowest BCUT2D eigenvalue weighted by atomic mass is 9.97. The van der Waals surface area contributed by atoms with E-state index in [0.717, 1.165) is 52.5 Å². The van der Waals surface area contributed by atoms with E-state index in [-0.39, 0.29) is 0 Å². The van der Waals surface area contributed by atoms with Gasteiger partial charge in [0.2, 0.25) is 0 Å². The molecule has 0 N–H and O–H groups in total. The Hall–Kier alpha value is -1.94. The molecule has 0 saturated heterocycles. The summed E-state index contributed by atoms with van der Waals surface area (Å²) in [6.45, 7) is 9.55. The Morgan fingerprint density at radius 1 is 0.373 bits per heavy atom. The number of benzene rings is 3. The lowest BCUT2D eigenvalue weighted by Gasteiger charge is -2.11. The highest BCUT2D eigenvalue weighted by Gasteiger charge is 2.06. The van der Waals surface area contributed by atoms with Crippen molar-refractivity contribution in [3.05, 3.63) is 59.7 Å². The molecule has 3 nitrogen and oxygen atoms in total. The van der Waals surface area contributed by atoms with Crippen LogP contribution < -0.4 is 0 Å². The highest BCUT2D eigenvalue weighted by Crippen LogP contribution is 2.27. The SMILES string of the molecule is CCCCCCCCCCCCCCCCCCOCCc1cccc2cc3cc(CCOCCCCCCCCCCOCC)ccc3cc12. The molecule has 3 heteroatoms. The predicted molar refractivity (Wildman–Crippen MR) is 223 cm³/mol. The van der Waals surface area contributed by atoms with Crippen molar-refractivity contribution in [3.63, 3.8) is 0 Å². The molecule has 0 aromatic heterocycles. The molecule has 3 aromatic carbocycles. The van der Waals surface area contributed by atoms with Gasteiger partial charge in [0.15, 0.2) is 0 Å². The van der Waals surface area contributed by atoms with Gasteiger partial charge in [-0.25, -0.2) is 0 Å². The monoisotopic (exact) mass is 703 g/mol. The molecule has 288 valence electrons. The van der Waals surface area contributed by atoms with Crippen LogP contribution in [-0.4, -0.2) is 39.6 Å². The maximum Gasteiger partial charge on any atom is 0.0506 e. The maximum atomic E-state index is 6.10. The second-order valence-electron chi connectivity index (χ2n) is 15.2. The molecule has 0 bridgehead atoms. The van der Waals surface area contributed by atoms with Crippen molar-refractivity contribution in [1.29, 1.82) is 0 Å². The molecule has 0 aliphatic carbocycles. The van der Waals surface area contributed by atoms with Crippen molar-refractivity contribution in [2.24, 2.45) is 0 Å². The van der Waals surface area contributed by atoms with E-state index >= 15 is 0 Å². The van der Waals surface area contributed by atoms with Gasteiger partial charge in [-0.2, -0.15) is 0 Å². The minimum atomic E-state index is 0.808.